The quantitative estimate of drug-likeness (QED) is 0.0448. The van der Waals surface area contributed by atoms with Gasteiger partial charge in [-0.15, -0.1) is 23.1 Å². The number of carboxylic acid groups (broad SMARTS) is 1. The molecule has 1 aromatic carbocycles. The summed E-state index contributed by atoms with van der Waals surface area (Å²) in [6, 6.07) is 8.80. The molecule has 4 amide bonds. The number of nitrogen functional groups attached to an aromatic ring is 1. The highest BCUT2D eigenvalue weighted by Gasteiger charge is 2.54. The van der Waals surface area contributed by atoms with Gasteiger partial charge in [0.1, 0.15) is 34.7 Å². The molecule has 0 bridgehead atoms. The number of carbonyl (C=O) groups is 5. The van der Waals surface area contributed by atoms with Crippen molar-refractivity contribution < 1.29 is 43.6 Å². The Hall–Kier alpha value is -5.75. The number of β-lactam (4-membered cyclic amide) rings is 1. The summed E-state index contributed by atoms with van der Waals surface area (Å²) >= 11 is 2.42. The van der Waals surface area contributed by atoms with Crippen LogP contribution in [-0.4, -0.2) is 90.1 Å². The zero-order chi connectivity index (χ0) is 37.9. The molecule has 3 aromatic rings. The van der Waals surface area contributed by atoms with Crippen molar-refractivity contribution in [1.29, 1.82) is 0 Å². The monoisotopic (exact) mass is 773 g/mol. The van der Waals surface area contributed by atoms with E-state index in [1.54, 1.807) is 45.4 Å². The zero-order valence-electron chi connectivity index (χ0n) is 28.8. The number of aromatic hydroxyl groups is 1. The Labute approximate surface area is 317 Å². The van der Waals surface area contributed by atoms with Gasteiger partial charge in [0.15, 0.2) is 23.2 Å². The second-order valence-corrected chi connectivity index (χ2v) is 15.2. The van der Waals surface area contributed by atoms with Crippen molar-refractivity contribution in [3.63, 3.8) is 0 Å². The predicted octanol–water partition coefficient (Wildman–Crippen LogP) is 2.12. The van der Waals surface area contributed by atoms with Crippen LogP contribution >= 0.6 is 23.1 Å². The van der Waals surface area contributed by atoms with E-state index in [0.29, 0.717) is 36.3 Å². The Morgan fingerprint density at radius 3 is 2.54 bits per heavy atom. The maximum atomic E-state index is 13.4. The highest BCUT2D eigenvalue weighted by Crippen LogP contribution is 2.41. The highest BCUT2D eigenvalue weighted by atomic mass is 32.2. The van der Waals surface area contributed by atoms with Crippen molar-refractivity contribution in [2.75, 3.05) is 23.3 Å². The van der Waals surface area contributed by atoms with Gasteiger partial charge in [-0.25, -0.2) is 9.78 Å². The molecule has 2 aromatic heterocycles. The third-order valence-electron chi connectivity index (χ3n) is 9.43. The fourth-order valence-corrected chi connectivity index (χ4v) is 8.53. The number of fused-ring (bicyclic) bond motifs is 1. The number of thioether (sulfide) groups is 1. The Balaban J connectivity index is 0.980. The number of benzene rings is 1. The summed E-state index contributed by atoms with van der Waals surface area (Å²) in [5.41, 5.74) is 7.85. The Bertz CT molecular complexity index is 2080. The van der Waals surface area contributed by atoms with E-state index in [1.807, 2.05) is 12.1 Å². The number of nitrogens with two attached hydrogens (primary N) is 1. The summed E-state index contributed by atoms with van der Waals surface area (Å²) in [6.45, 7) is 0.806. The van der Waals surface area contributed by atoms with Gasteiger partial charge in [-0.2, -0.15) is 4.57 Å². The summed E-state index contributed by atoms with van der Waals surface area (Å²) in [7, 11) is 0. The molecule has 16 nitrogen and oxygen atoms in total. The molecule has 7 rings (SSSR count). The first-order chi connectivity index (χ1) is 26.0. The van der Waals surface area contributed by atoms with E-state index in [1.165, 1.54) is 23.9 Å². The van der Waals surface area contributed by atoms with Crippen LogP contribution in [0.3, 0.4) is 0 Å². The topological polar surface area (TPSA) is 221 Å². The lowest BCUT2D eigenvalue weighted by molar-refractivity contribution is -0.684. The molecule has 1 aliphatic carbocycles. The number of phenolic OH excluding ortho intramolecular Hbond substituents is 1. The molecule has 2 atom stereocenters. The molecule has 3 aliphatic heterocycles. The molecular formula is C36H37N8O8S2+. The lowest BCUT2D eigenvalue weighted by atomic mass is 10.0. The number of aromatic nitrogens is 2. The van der Waals surface area contributed by atoms with E-state index in [4.69, 9.17) is 10.6 Å². The molecular weight excluding hydrogens is 737 g/mol. The van der Waals surface area contributed by atoms with Gasteiger partial charge in [0.2, 0.25) is 12.5 Å². The number of nitrogens with zero attached hydrogens (tertiary/aromatic N) is 5. The first-order valence-electron chi connectivity index (χ1n) is 17.3. The van der Waals surface area contributed by atoms with Crippen LogP contribution in [0.15, 0.2) is 82.2 Å². The number of thiazole rings is 1. The van der Waals surface area contributed by atoms with Crippen molar-refractivity contribution >= 4 is 69.2 Å². The number of allylic oxidation sites excluding steroid dienone is 1. The third kappa shape index (κ3) is 7.93. The van der Waals surface area contributed by atoms with E-state index in [0.717, 1.165) is 47.5 Å². The van der Waals surface area contributed by atoms with Crippen LogP contribution in [0.5, 0.6) is 5.75 Å². The molecule has 54 heavy (non-hydrogen) atoms. The number of likely N-dealkylation sites (tertiary alicyclic amines) is 1. The van der Waals surface area contributed by atoms with Gasteiger partial charge in [0.25, 0.3) is 17.7 Å². The maximum absolute atomic E-state index is 13.4. The molecule has 0 spiro atoms. The fourth-order valence-electron chi connectivity index (χ4n) is 6.68. The Morgan fingerprint density at radius 1 is 1.11 bits per heavy atom. The number of amides is 4. The first-order valence-corrected chi connectivity index (χ1v) is 19.2. The van der Waals surface area contributed by atoms with E-state index in [-0.39, 0.29) is 58.2 Å². The number of phenols is 1. The number of carbonyl (C=O) groups excluding carboxylic acids is 4. The molecule has 4 aliphatic rings. The minimum atomic E-state index is -1.31. The summed E-state index contributed by atoms with van der Waals surface area (Å²) in [4.78, 5) is 77.9. The normalized spacial score (nSPS) is 21.0. The second-order valence-electron chi connectivity index (χ2n) is 13.2. The van der Waals surface area contributed by atoms with Crippen LogP contribution < -0.4 is 20.9 Å². The van der Waals surface area contributed by atoms with Crippen LogP contribution in [0, 0.1) is 0 Å². The van der Waals surface area contributed by atoms with Crippen molar-refractivity contribution in [3.05, 3.63) is 88.3 Å². The van der Waals surface area contributed by atoms with Crippen molar-refractivity contribution in [3.8, 4) is 5.75 Å². The zero-order valence-corrected chi connectivity index (χ0v) is 30.5. The first kappa shape index (κ1) is 36.6. The molecule has 5 heterocycles. The van der Waals surface area contributed by atoms with Crippen molar-refractivity contribution in [2.24, 2.45) is 5.16 Å². The van der Waals surface area contributed by atoms with E-state index < -0.39 is 29.2 Å². The third-order valence-corrected chi connectivity index (χ3v) is 11.4. The number of pyridine rings is 1. The van der Waals surface area contributed by atoms with E-state index in [9.17, 15) is 34.2 Å². The fraction of sp³-hybridized carbons (Fsp3) is 0.333. The molecule has 0 unspecified atom stereocenters. The number of hydrogen-bond acceptors (Lipinski definition) is 12. The minimum absolute atomic E-state index is 0.0655. The van der Waals surface area contributed by atoms with Gasteiger partial charge in [-0.3, -0.25) is 24.1 Å². The number of aliphatic carboxylic acids is 1. The lowest BCUT2D eigenvalue weighted by Gasteiger charge is -2.49. The van der Waals surface area contributed by atoms with Crippen LogP contribution in [0.2, 0.25) is 0 Å². The van der Waals surface area contributed by atoms with Crippen LogP contribution in [-0.2, 0) is 41.9 Å². The molecule has 0 radical (unpaired) electrons. The van der Waals surface area contributed by atoms with Crippen LogP contribution in [0.4, 0.5) is 10.8 Å². The number of carboxylic acids is 1. The molecule has 2 saturated heterocycles. The molecule has 1 saturated carbocycles. The standard InChI is InChI=1S/C36H36N8O8S2/c37-36-39-26(19-54-36)28(41-52-25-3-1-2-4-25)31(47)40-29-33(49)44-30(35(50)51)22(18-53-34(29)44)15-21-11-14-43(32(21)48)16-20-9-12-42(13-10-20)17-27(46)38-23-5-7-24(45)8-6-23/h5-10,12-13,15,19,25,29,34H,1-4,11,14,16-18H2,(H5-,37,38,39,40,41,45,46,47,50,51)/p+1/t29-,34-/m1/s1. The number of hydrogen-bond donors (Lipinski definition) is 5. The summed E-state index contributed by atoms with van der Waals surface area (Å²) in [6.07, 6.45) is 8.98. The molecule has 18 heteroatoms. The SMILES string of the molecule is Nc1nc(/C(=N/OC2CCCC2)C(=O)N[C@@H]2C(=O)N3C(C(=O)O)=C(C=C4CCN(Cc5cc[n+](CC(=O)Nc6ccc(O)cc6)cc5)C4=O)CS[C@H]23)cs1. The van der Waals surface area contributed by atoms with Gasteiger partial charge >= 0.3 is 5.97 Å². The Kier molecular flexibility index (Phi) is 10.6. The summed E-state index contributed by atoms with van der Waals surface area (Å²) in [5, 5.41) is 30.3. The number of oxime groups is 1. The summed E-state index contributed by atoms with van der Waals surface area (Å²) < 4.78 is 1.70. The molecule has 3 fully saturated rings. The van der Waals surface area contributed by atoms with Crippen molar-refractivity contribution in [1.82, 2.24) is 20.1 Å². The van der Waals surface area contributed by atoms with Gasteiger partial charge in [0.05, 0.1) is 0 Å². The number of anilines is 2. The smallest absolute Gasteiger partial charge is 0.352 e. The molecule has 280 valence electrons. The van der Waals surface area contributed by atoms with Crippen LogP contribution in [0.1, 0.15) is 43.4 Å². The molecule has 6 N–H and O–H groups in total. The van der Waals surface area contributed by atoms with Gasteiger partial charge in [0, 0.05) is 47.6 Å². The van der Waals surface area contributed by atoms with E-state index >= 15 is 0 Å². The maximum Gasteiger partial charge on any atom is 0.352 e. The predicted molar refractivity (Wildman–Crippen MR) is 198 cm³/mol. The van der Waals surface area contributed by atoms with Gasteiger partial charge in [-0.1, -0.05) is 5.16 Å². The number of nitrogens with one attached hydrogen (secondary N) is 2. The number of rotatable bonds is 12. The van der Waals surface area contributed by atoms with Crippen LogP contribution in [0.25, 0.3) is 0 Å². The van der Waals surface area contributed by atoms with E-state index in [2.05, 4.69) is 20.8 Å². The Morgan fingerprint density at radius 2 is 1.85 bits per heavy atom. The second kappa shape index (κ2) is 15.7. The van der Waals surface area contributed by atoms with Crippen molar-refractivity contribution in [2.45, 2.75) is 62.7 Å². The largest absolute Gasteiger partial charge is 0.508 e. The summed E-state index contributed by atoms with van der Waals surface area (Å²) in [5.74, 6) is -2.77. The van der Waals surface area contributed by atoms with Gasteiger partial charge < -0.3 is 36.3 Å². The average Bonchev–Trinajstić information content (AvgIpc) is 3.91. The average molecular weight is 774 g/mol. The minimum Gasteiger partial charge on any atom is -0.508 e. The lowest BCUT2D eigenvalue weighted by Crippen LogP contribution is -2.71. The van der Waals surface area contributed by atoms with Gasteiger partial charge in [-0.05, 0) is 73.6 Å². The highest BCUT2D eigenvalue weighted by molar-refractivity contribution is 8.00.